The number of fused-ring (bicyclic) bond motifs is 1. The molecule has 6 nitrogen and oxygen atoms in total. The van der Waals surface area contributed by atoms with Crippen molar-refractivity contribution in [3.05, 3.63) is 59.2 Å². The van der Waals surface area contributed by atoms with Crippen LogP contribution in [0.1, 0.15) is 16.7 Å². The van der Waals surface area contributed by atoms with E-state index < -0.39 is 11.7 Å². The molecule has 2 aromatic carbocycles. The molecule has 0 spiro atoms. The lowest BCUT2D eigenvalue weighted by Gasteiger charge is -2.13. The Bertz CT molecular complexity index is 1070. The Kier molecular flexibility index (Phi) is 5.44. The first-order chi connectivity index (χ1) is 14.3. The number of halogens is 3. The zero-order valence-corrected chi connectivity index (χ0v) is 16.5. The minimum Gasteiger partial charge on any atom is -0.359 e. The average Bonchev–Trinajstić information content (AvgIpc) is 3.31. The van der Waals surface area contributed by atoms with Crippen LogP contribution in [0.3, 0.4) is 0 Å². The molecule has 1 aliphatic heterocycles. The van der Waals surface area contributed by atoms with Gasteiger partial charge in [-0.25, -0.2) is 0 Å². The van der Waals surface area contributed by atoms with Crippen molar-refractivity contribution in [1.29, 1.82) is 0 Å². The summed E-state index contributed by atoms with van der Waals surface area (Å²) in [5.41, 5.74) is 8.71. The van der Waals surface area contributed by atoms with E-state index in [-0.39, 0.29) is 11.9 Å². The van der Waals surface area contributed by atoms with Crippen molar-refractivity contribution < 1.29 is 18.0 Å². The number of nitrogens with one attached hydrogen (secondary N) is 2. The molecule has 4 N–H and O–H groups in total. The second-order valence-electron chi connectivity index (χ2n) is 7.06. The zero-order chi connectivity index (χ0) is 21.3. The summed E-state index contributed by atoms with van der Waals surface area (Å²) < 4.78 is 42.2. The van der Waals surface area contributed by atoms with E-state index in [0.717, 1.165) is 34.5 Å². The number of nitrogens with zero attached hydrogens (tertiary/aromatic N) is 2. The van der Waals surface area contributed by atoms with Gasteiger partial charge in [-0.1, -0.05) is 12.1 Å². The van der Waals surface area contributed by atoms with E-state index in [9.17, 15) is 18.0 Å². The summed E-state index contributed by atoms with van der Waals surface area (Å²) in [5, 5.41) is 6.51. The molecule has 0 fully saturated rings. The van der Waals surface area contributed by atoms with Gasteiger partial charge >= 0.3 is 6.18 Å². The monoisotopic (exact) mass is 433 g/mol. The molecule has 1 aliphatic rings. The van der Waals surface area contributed by atoms with Gasteiger partial charge in [0.15, 0.2) is 5.82 Å². The molecule has 1 unspecified atom stereocenters. The summed E-state index contributed by atoms with van der Waals surface area (Å²) in [7, 11) is 0. The fraction of sp³-hybridized carbons (Fsp3) is 0.250. The van der Waals surface area contributed by atoms with Crippen molar-refractivity contribution in [1.82, 2.24) is 9.36 Å². The number of anilines is 2. The predicted octanol–water partition coefficient (Wildman–Crippen LogP) is 3.70. The molecule has 3 aromatic rings. The Morgan fingerprint density at radius 3 is 2.70 bits per heavy atom. The highest BCUT2D eigenvalue weighted by atomic mass is 32.1. The summed E-state index contributed by atoms with van der Waals surface area (Å²) in [4.78, 5) is 15.9. The van der Waals surface area contributed by atoms with Gasteiger partial charge in [0.05, 0.1) is 12.0 Å². The highest BCUT2D eigenvalue weighted by Crippen LogP contribution is 2.30. The third-order valence-corrected chi connectivity index (χ3v) is 5.38. The van der Waals surface area contributed by atoms with Crippen molar-refractivity contribution in [2.45, 2.75) is 25.1 Å². The van der Waals surface area contributed by atoms with Crippen LogP contribution in [0.5, 0.6) is 0 Å². The number of hydrogen-bond donors (Lipinski definition) is 3. The van der Waals surface area contributed by atoms with Crippen LogP contribution in [0, 0.1) is 0 Å². The lowest BCUT2D eigenvalue weighted by atomic mass is 10.0. The molecule has 1 aromatic heterocycles. The number of amides is 1. The van der Waals surface area contributed by atoms with Gasteiger partial charge < -0.3 is 16.4 Å². The van der Waals surface area contributed by atoms with E-state index in [2.05, 4.69) is 20.0 Å². The number of nitrogens with two attached hydrogens (primary N) is 1. The van der Waals surface area contributed by atoms with Crippen LogP contribution in [0.2, 0.25) is 0 Å². The van der Waals surface area contributed by atoms with E-state index in [1.807, 2.05) is 18.2 Å². The van der Waals surface area contributed by atoms with Gasteiger partial charge in [-0.2, -0.15) is 22.5 Å². The molecule has 0 saturated carbocycles. The summed E-state index contributed by atoms with van der Waals surface area (Å²) in [6, 6.07) is 10.3. The van der Waals surface area contributed by atoms with Gasteiger partial charge in [-0.15, -0.1) is 0 Å². The Hall–Kier alpha value is -2.98. The number of rotatable bonds is 6. The molecular weight excluding hydrogens is 415 g/mol. The normalized spacial score (nSPS) is 14.3. The van der Waals surface area contributed by atoms with Crippen molar-refractivity contribution >= 4 is 28.3 Å². The summed E-state index contributed by atoms with van der Waals surface area (Å²) in [6.07, 6.45) is -3.57. The van der Waals surface area contributed by atoms with E-state index in [1.54, 1.807) is 0 Å². The van der Waals surface area contributed by atoms with Crippen LogP contribution >= 0.6 is 11.5 Å². The van der Waals surface area contributed by atoms with Crippen LogP contribution in [0.4, 0.5) is 24.0 Å². The topological polar surface area (TPSA) is 92.9 Å². The first kappa shape index (κ1) is 20.3. The van der Waals surface area contributed by atoms with Gasteiger partial charge in [-0.3, -0.25) is 4.79 Å². The van der Waals surface area contributed by atoms with Crippen molar-refractivity contribution in [2.24, 2.45) is 5.73 Å². The number of carbonyl (C=O) groups excluding carboxylic acids is 1. The number of alkyl halides is 3. The maximum absolute atomic E-state index is 12.6. The van der Waals surface area contributed by atoms with Gasteiger partial charge in [0.2, 0.25) is 11.0 Å². The molecule has 2 heterocycles. The van der Waals surface area contributed by atoms with Gasteiger partial charge in [0.1, 0.15) is 0 Å². The molecule has 156 valence electrons. The molecule has 1 atom stereocenters. The highest BCUT2D eigenvalue weighted by Gasteiger charge is 2.30. The van der Waals surface area contributed by atoms with Gasteiger partial charge in [0.25, 0.3) is 0 Å². The van der Waals surface area contributed by atoms with Crippen LogP contribution in [-0.2, 0) is 23.8 Å². The first-order valence-electron chi connectivity index (χ1n) is 9.20. The van der Waals surface area contributed by atoms with Crippen LogP contribution < -0.4 is 16.4 Å². The molecule has 0 saturated heterocycles. The summed E-state index contributed by atoms with van der Waals surface area (Å²) in [6.45, 7) is 0.401. The maximum atomic E-state index is 12.6. The van der Waals surface area contributed by atoms with Gasteiger partial charge in [-0.05, 0) is 47.9 Å². The fourth-order valence-electron chi connectivity index (χ4n) is 3.20. The van der Waals surface area contributed by atoms with E-state index in [1.165, 1.54) is 23.7 Å². The van der Waals surface area contributed by atoms with E-state index >= 15 is 0 Å². The Labute approximate surface area is 174 Å². The quantitative estimate of drug-likeness (QED) is 0.551. The van der Waals surface area contributed by atoms with E-state index in [0.29, 0.717) is 30.3 Å². The fourth-order valence-corrected chi connectivity index (χ4v) is 3.80. The third kappa shape index (κ3) is 4.60. The Morgan fingerprint density at radius 1 is 1.20 bits per heavy atom. The second kappa shape index (κ2) is 8.04. The molecule has 30 heavy (non-hydrogen) atoms. The lowest BCUT2D eigenvalue weighted by Crippen LogP contribution is -2.31. The number of carbonyl (C=O) groups is 1. The van der Waals surface area contributed by atoms with Crippen molar-refractivity contribution in [3.63, 3.8) is 0 Å². The SMILES string of the molecule is NC(CNc1nc(-c2ccc3c(c2)CC(=O)N3)ns1)Cc1ccc(C(F)(F)F)cc1. The molecule has 0 bridgehead atoms. The van der Waals surface area contributed by atoms with Gasteiger partial charge in [0, 0.05) is 35.4 Å². The van der Waals surface area contributed by atoms with Crippen LogP contribution in [0.15, 0.2) is 42.5 Å². The minimum atomic E-state index is -4.34. The second-order valence-corrected chi connectivity index (χ2v) is 7.81. The predicted molar refractivity (Wildman–Crippen MR) is 109 cm³/mol. The highest BCUT2D eigenvalue weighted by molar-refractivity contribution is 7.09. The standard InChI is InChI=1S/C20H18F3N5OS/c21-20(22,23)14-4-1-11(2-5-14)7-15(24)10-25-19-27-18(28-30-19)12-3-6-16-13(8-12)9-17(29)26-16/h1-6,8,15H,7,9-10,24H2,(H,26,29)(H,25,27,28). The van der Waals surface area contributed by atoms with Crippen molar-refractivity contribution in [2.75, 3.05) is 17.2 Å². The largest absolute Gasteiger partial charge is 0.416 e. The first-order valence-corrected chi connectivity index (χ1v) is 9.98. The maximum Gasteiger partial charge on any atom is 0.416 e. The smallest absolute Gasteiger partial charge is 0.359 e. The molecule has 4 rings (SSSR count). The minimum absolute atomic E-state index is 0.0298. The lowest BCUT2D eigenvalue weighted by molar-refractivity contribution is -0.137. The summed E-state index contributed by atoms with van der Waals surface area (Å²) >= 11 is 1.20. The van der Waals surface area contributed by atoms with Crippen molar-refractivity contribution in [3.8, 4) is 11.4 Å². The van der Waals surface area contributed by atoms with Crippen LogP contribution in [-0.4, -0.2) is 27.9 Å². The van der Waals surface area contributed by atoms with E-state index in [4.69, 9.17) is 5.73 Å². The third-order valence-electron chi connectivity index (χ3n) is 4.71. The molecular formula is C20H18F3N5OS. The number of hydrogen-bond acceptors (Lipinski definition) is 6. The molecule has 10 heteroatoms. The molecule has 0 radical (unpaired) electrons. The average molecular weight is 433 g/mol. The molecule has 0 aliphatic carbocycles. The Balaban J connectivity index is 1.33. The number of aromatic nitrogens is 2. The van der Waals surface area contributed by atoms with Crippen LogP contribution in [0.25, 0.3) is 11.4 Å². The zero-order valence-electron chi connectivity index (χ0n) is 15.7. The summed E-state index contributed by atoms with van der Waals surface area (Å²) in [5.74, 6) is 0.527. The Morgan fingerprint density at radius 2 is 1.97 bits per heavy atom. The molecule has 1 amide bonds. The number of benzene rings is 2.